The molecular formula is C15H16ClNO. The maximum atomic E-state index is 10.3. The molecule has 2 nitrogen and oxygen atoms in total. The van der Waals surface area contributed by atoms with E-state index in [0.29, 0.717) is 11.4 Å². The lowest BCUT2D eigenvalue weighted by atomic mass is 9.95. The van der Waals surface area contributed by atoms with Gasteiger partial charge in [-0.05, 0) is 42.2 Å². The third-order valence-electron chi connectivity index (χ3n) is 3.28. The molecule has 1 atom stereocenters. The quantitative estimate of drug-likeness (QED) is 0.915. The molecule has 18 heavy (non-hydrogen) atoms. The highest BCUT2D eigenvalue weighted by molar-refractivity contribution is 6.31. The zero-order chi connectivity index (χ0) is 13.1. The van der Waals surface area contributed by atoms with Gasteiger partial charge >= 0.3 is 0 Å². The highest BCUT2D eigenvalue weighted by Crippen LogP contribution is 2.26. The molecule has 2 rings (SSSR count). The Balaban J connectivity index is 2.25. The first kappa shape index (κ1) is 13.1. The fraction of sp³-hybridized carbons (Fsp3) is 0.267. The summed E-state index contributed by atoms with van der Waals surface area (Å²) in [5.41, 5.74) is 4.20. The van der Waals surface area contributed by atoms with Crippen molar-refractivity contribution in [3.63, 3.8) is 0 Å². The SMILES string of the molecule is Cc1cccc(C(O)Cc2ccncc2Cl)c1C. The fourth-order valence-electron chi connectivity index (χ4n) is 2.02. The molecule has 1 unspecified atom stereocenters. The van der Waals surface area contributed by atoms with E-state index in [1.54, 1.807) is 12.4 Å². The molecule has 0 fully saturated rings. The summed E-state index contributed by atoms with van der Waals surface area (Å²) in [6, 6.07) is 7.82. The molecule has 0 amide bonds. The minimum absolute atomic E-state index is 0.506. The summed E-state index contributed by atoms with van der Waals surface area (Å²) in [4.78, 5) is 3.94. The molecule has 1 aromatic carbocycles. The molecule has 0 aliphatic carbocycles. The van der Waals surface area contributed by atoms with Gasteiger partial charge in [0.25, 0.3) is 0 Å². The molecule has 0 radical (unpaired) electrons. The highest BCUT2D eigenvalue weighted by Gasteiger charge is 2.13. The van der Waals surface area contributed by atoms with Crippen molar-refractivity contribution in [3.05, 3.63) is 63.9 Å². The molecular weight excluding hydrogens is 246 g/mol. The summed E-state index contributed by atoms with van der Waals surface area (Å²) in [6.45, 7) is 4.08. The van der Waals surface area contributed by atoms with Crippen LogP contribution in [0.4, 0.5) is 0 Å². The topological polar surface area (TPSA) is 33.1 Å². The van der Waals surface area contributed by atoms with Gasteiger partial charge in [0.1, 0.15) is 0 Å². The van der Waals surface area contributed by atoms with Crippen molar-refractivity contribution in [1.29, 1.82) is 0 Å². The number of halogens is 1. The van der Waals surface area contributed by atoms with Crippen LogP contribution in [0.3, 0.4) is 0 Å². The van der Waals surface area contributed by atoms with Gasteiger partial charge in [-0.3, -0.25) is 4.98 Å². The third kappa shape index (κ3) is 2.71. The number of aromatic nitrogens is 1. The van der Waals surface area contributed by atoms with Gasteiger partial charge in [-0.15, -0.1) is 0 Å². The van der Waals surface area contributed by atoms with Crippen LogP contribution in [0, 0.1) is 13.8 Å². The second-order valence-corrected chi connectivity index (χ2v) is 4.88. The van der Waals surface area contributed by atoms with E-state index >= 15 is 0 Å². The Hall–Kier alpha value is -1.38. The summed E-state index contributed by atoms with van der Waals surface area (Å²) in [5.74, 6) is 0. The van der Waals surface area contributed by atoms with E-state index in [9.17, 15) is 5.11 Å². The lowest BCUT2D eigenvalue weighted by Crippen LogP contribution is -2.05. The van der Waals surface area contributed by atoms with Crippen molar-refractivity contribution in [3.8, 4) is 0 Å². The van der Waals surface area contributed by atoms with Gasteiger partial charge in [0.05, 0.1) is 11.1 Å². The molecule has 94 valence electrons. The molecule has 3 heteroatoms. The monoisotopic (exact) mass is 261 g/mol. The van der Waals surface area contributed by atoms with Crippen LogP contribution >= 0.6 is 11.6 Å². The maximum absolute atomic E-state index is 10.3. The lowest BCUT2D eigenvalue weighted by molar-refractivity contribution is 0.177. The van der Waals surface area contributed by atoms with E-state index in [1.165, 1.54) is 5.56 Å². The summed E-state index contributed by atoms with van der Waals surface area (Å²) in [5, 5.41) is 10.9. The number of aryl methyl sites for hydroxylation is 1. The van der Waals surface area contributed by atoms with Crippen molar-refractivity contribution in [1.82, 2.24) is 4.98 Å². The van der Waals surface area contributed by atoms with Crippen molar-refractivity contribution in [2.45, 2.75) is 26.4 Å². The highest BCUT2D eigenvalue weighted by atomic mass is 35.5. The van der Waals surface area contributed by atoms with Crippen LogP contribution in [-0.4, -0.2) is 10.1 Å². The number of aliphatic hydroxyl groups excluding tert-OH is 1. The number of nitrogens with zero attached hydrogens (tertiary/aromatic N) is 1. The molecule has 0 aliphatic rings. The second-order valence-electron chi connectivity index (χ2n) is 4.48. The van der Waals surface area contributed by atoms with E-state index in [-0.39, 0.29) is 0 Å². The average molecular weight is 262 g/mol. The van der Waals surface area contributed by atoms with Crippen molar-refractivity contribution in [2.24, 2.45) is 0 Å². The Morgan fingerprint density at radius 3 is 2.78 bits per heavy atom. The van der Waals surface area contributed by atoms with Crippen molar-refractivity contribution in [2.75, 3.05) is 0 Å². The minimum atomic E-state index is -0.537. The fourth-order valence-corrected chi connectivity index (χ4v) is 2.22. The van der Waals surface area contributed by atoms with Crippen molar-refractivity contribution >= 4 is 11.6 Å². The number of hydrogen-bond acceptors (Lipinski definition) is 2. The van der Waals surface area contributed by atoms with Gasteiger partial charge in [-0.25, -0.2) is 0 Å². The zero-order valence-electron chi connectivity index (χ0n) is 10.5. The van der Waals surface area contributed by atoms with Gasteiger partial charge < -0.3 is 5.11 Å². The Labute approximate surface area is 112 Å². The normalized spacial score (nSPS) is 12.4. The van der Waals surface area contributed by atoms with Crippen LogP contribution in [0.15, 0.2) is 36.7 Å². The molecule has 0 bridgehead atoms. The molecule has 0 spiro atoms. The number of benzene rings is 1. The van der Waals surface area contributed by atoms with Crippen LogP contribution < -0.4 is 0 Å². The first-order valence-electron chi connectivity index (χ1n) is 5.92. The van der Waals surface area contributed by atoms with E-state index in [2.05, 4.69) is 4.98 Å². The maximum Gasteiger partial charge on any atom is 0.0833 e. The summed E-state index contributed by atoms with van der Waals surface area (Å²) >= 11 is 6.05. The van der Waals surface area contributed by atoms with E-state index in [4.69, 9.17) is 11.6 Å². The van der Waals surface area contributed by atoms with Gasteiger partial charge in [-0.2, -0.15) is 0 Å². The number of pyridine rings is 1. The Bertz CT molecular complexity index is 554. The van der Waals surface area contributed by atoms with Crippen LogP contribution in [0.2, 0.25) is 5.02 Å². The molecule has 0 saturated heterocycles. The van der Waals surface area contributed by atoms with Gasteiger partial charge in [0.15, 0.2) is 0 Å². The molecule has 1 aromatic heterocycles. The molecule has 1 N–H and O–H groups in total. The van der Waals surface area contributed by atoms with Crippen LogP contribution in [-0.2, 0) is 6.42 Å². The Morgan fingerprint density at radius 2 is 2.06 bits per heavy atom. The first-order chi connectivity index (χ1) is 8.59. The summed E-state index contributed by atoms with van der Waals surface area (Å²) < 4.78 is 0. The first-order valence-corrected chi connectivity index (χ1v) is 6.30. The smallest absolute Gasteiger partial charge is 0.0833 e. The molecule has 2 aromatic rings. The lowest BCUT2D eigenvalue weighted by Gasteiger charge is -2.15. The van der Waals surface area contributed by atoms with Crippen LogP contribution in [0.25, 0.3) is 0 Å². The standard InChI is InChI=1S/C15H16ClNO/c1-10-4-3-5-13(11(10)2)15(18)8-12-6-7-17-9-14(12)16/h3-7,9,15,18H,8H2,1-2H3. The van der Waals surface area contributed by atoms with Crippen LogP contribution in [0.5, 0.6) is 0 Å². The minimum Gasteiger partial charge on any atom is -0.388 e. The predicted octanol–water partition coefficient (Wildman–Crippen LogP) is 3.63. The largest absolute Gasteiger partial charge is 0.388 e. The van der Waals surface area contributed by atoms with E-state index in [0.717, 1.165) is 16.7 Å². The second kappa shape index (κ2) is 5.51. The summed E-state index contributed by atoms with van der Waals surface area (Å²) in [6.07, 6.45) is 3.26. The predicted molar refractivity (Wildman–Crippen MR) is 73.8 cm³/mol. The summed E-state index contributed by atoms with van der Waals surface area (Å²) in [7, 11) is 0. The molecule has 0 saturated carbocycles. The van der Waals surface area contributed by atoms with E-state index < -0.39 is 6.10 Å². The third-order valence-corrected chi connectivity index (χ3v) is 3.62. The number of hydrogen-bond donors (Lipinski definition) is 1. The Kier molecular flexibility index (Phi) is 4.00. The zero-order valence-corrected chi connectivity index (χ0v) is 11.3. The van der Waals surface area contributed by atoms with E-state index in [1.807, 2.05) is 38.1 Å². The Morgan fingerprint density at radius 1 is 1.28 bits per heavy atom. The average Bonchev–Trinajstić information content (AvgIpc) is 2.35. The van der Waals surface area contributed by atoms with Crippen LogP contribution in [0.1, 0.15) is 28.4 Å². The molecule has 0 aliphatic heterocycles. The molecule has 1 heterocycles. The van der Waals surface area contributed by atoms with Crippen molar-refractivity contribution < 1.29 is 5.11 Å². The number of rotatable bonds is 3. The number of aliphatic hydroxyl groups is 1. The van der Waals surface area contributed by atoms with Gasteiger partial charge in [0.2, 0.25) is 0 Å². The van der Waals surface area contributed by atoms with Gasteiger partial charge in [0, 0.05) is 18.8 Å². The van der Waals surface area contributed by atoms with Gasteiger partial charge in [-0.1, -0.05) is 29.8 Å².